The van der Waals surface area contributed by atoms with Crippen LogP contribution in [0, 0.1) is 18.3 Å². The zero-order valence-electron chi connectivity index (χ0n) is 17.9. The number of para-hydroxylation sites is 1. The van der Waals surface area contributed by atoms with E-state index in [1.54, 1.807) is 17.0 Å². The third kappa shape index (κ3) is 4.71. The first kappa shape index (κ1) is 21.3. The van der Waals surface area contributed by atoms with E-state index in [0.717, 1.165) is 16.5 Å². The minimum atomic E-state index is -0.473. The molecule has 0 spiro atoms. The summed E-state index contributed by atoms with van der Waals surface area (Å²) in [4.78, 5) is 27.3. The molecule has 2 aromatic carbocycles. The molecule has 3 aromatic rings. The normalized spacial score (nSPS) is 14.2. The number of rotatable bonds is 5. The molecule has 1 fully saturated rings. The van der Waals surface area contributed by atoms with E-state index >= 15 is 0 Å². The Labute approximate surface area is 186 Å². The van der Waals surface area contributed by atoms with Crippen molar-refractivity contribution in [2.24, 2.45) is 0 Å². The minimum Gasteiger partial charge on any atom is -0.378 e. The number of hydrogen-bond donors (Lipinski definition) is 1. The summed E-state index contributed by atoms with van der Waals surface area (Å²) in [5, 5.41) is 13.3. The van der Waals surface area contributed by atoms with Crippen LogP contribution in [0.1, 0.15) is 11.1 Å². The van der Waals surface area contributed by atoms with Gasteiger partial charge in [0.05, 0.1) is 13.2 Å². The number of hydrogen-bond acceptors (Lipinski definition) is 4. The Hall–Kier alpha value is -3.89. The molecular formula is C25H24N4O3. The highest BCUT2D eigenvalue weighted by Gasteiger charge is 2.19. The first-order valence-corrected chi connectivity index (χ1v) is 10.5. The Balaban J connectivity index is 1.61. The van der Waals surface area contributed by atoms with Gasteiger partial charge in [-0.1, -0.05) is 30.3 Å². The SMILES string of the molecule is Cc1cccc(NC(=O)C(C#N)=Cc2cn(CC(=O)N3CCOCC3)c3ccccc23)c1. The van der Waals surface area contributed by atoms with Gasteiger partial charge in [-0.25, -0.2) is 0 Å². The largest absolute Gasteiger partial charge is 0.378 e. The zero-order valence-corrected chi connectivity index (χ0v) is 17.9. The van der Waals surface area contributed by atoms with E-state index in [2.05, 4.69) is 5.32 Å². The lowest BCUT2D eigenvalue weighted by Gasteiger charge is -2.27. The summed E-state index contributed by atoms with van der Waals surface area (Å²) in [6.45, 7) is 4.39. The Bertz CT molecular complexity index is 1230. The van der Waals surface area contributed by atoms with Crippen LogP contribution in [0.15, 0.2) is 60.3 Å². The van der Waals surface area contributed by atoms with E-state index in [0.29, 0.717) is 37.6 Å². The molecule has 0 radical (unpaired) electrons. The van der Waals surface area contributed by atoms with Crippen LogP contribution >= 0.6 is 0 Å². The highest BCUT2D eigenvalue weighted by molar-refractivity contribution is 6.10. The lowest BCUT2D eigenvalue weighted by molar-refractivity contribution is -0.135. The average molecular weight is 428 g/mol. The van der Waals surface area contributed by atoms with Gasteiger partial charge in [-0.05, 0) is 36.8 Å². The molecule has 1 saturated heterocycles. The molecule has 0 bridgehead atoms. The first-order chi connectivity index (χ1) is 15.5. The van der Waals surface area contributed by atoms with Crippen molar-refractivity contribution in [3.8, 4) is 6.07 Å². The molecule has 0 aliphatic carbocycles. The Kier molecular flexibility index (Phi) is 6.34. The molecule has 2 amide bonds. The second-order valence-electron chi connectivity index (χ2n) is 7.72. The fraction of sp³-hybridized carbons (Fsp3) is 0.240. The number of anilines is 1. The molecule has 1 aliphatic heterocycles. The molecule has 7 heteroatoms. The van der Waals surface area contributed by atoms with Crippen molar-refractivity contribution >= 4 is 34.5 Å². The quantitative estimate of drug-likeness (QED) is 0.499. The van der Waals surface area contributed by atoms with E-state index in [1.807, 2.05) is 66.2 Å². The highest BCUT2D eigenvalue weighted by atomic mass is 16.5. The third-order valence-electron chi connectivity index (χ3n) is 5.43. The Morgan fingerprint density at radius 2 is 1.94 bits per heavy atom. The minimum absolute atomic E-state index is 0.00563. The molecule has 0 atom stereocenters. The maximum absolute atomic E-state index is 12.8. The maximum Gasteiger partial charge on any atom is 0.266 e. The van der Waals surface area contributed by atoms with Gasteiger partial charge in [0.1, 0.15) is 18.2 Å². The third-order valence-corrected chi connectivity index (χ3v) is 5.43. The van der Waals surface area contributed by atoms with Gasteiger partial charge in [0.25, 0.3) is 5.91 Å². The monoisotopic (exact) mass is 428 g/mol. The Morgan fingerprint density at radius 1 is 1.16 bits per heavy atom. The van der Waals surface area contributed by atoms with Gasteiger partial charge in [0.15, 0.2) is 0 Å². The topological polar surface area (TPSA) is 87.4 Å². The predicted molar refractivity (Wildman–Crippen MR) is 123 cm³/mol. The van der Waals surface area contributed by atoms with Gasteiger partial charge in [0, 0.05) is 41.4 Å². The Morgan fingerprint density at radius 3 is 2.69 bits per heavy atom. The van der Waals surface area contributed by atoms with Crippen molar-refractivity contribution in [3.63, 3.8) is 0 Å². The maximum atomic E-state index is 12.8. The number of aryl methyl sites for hydroxylation is 1. The predicted octanol–water partition coefficient (Wildman–Crippen LogP) is 3.35. The smallest absolute Gasteiger partial charge is 0.266 e. The van der Waals surface area contributed by atoms with Crippen LogP contribution in [-0.2, 0) is 20.9 Å². The number of benzene rings is 2. The van der Waals surface area contributed by atoms with E-state index in [9.17, 15) is 14.9 Å². The first-order valence-electron chi connectivity index (χ1n) is 10.5. The summed E-state index contributed by atoms with van der Waals surface area (Å²) in [6.07, 6.45) is 3.39. The van der Waals surface area contributed by atoms with Crippen molar-refractivity contribution in [2.75, 3.05) is 31.6 Å². The summed E-state index contributed by atoms with van der Waals surface area (Å²) in [5.74, 6) is -0.457. The van der Waals surface area contributed by atoms with Crippen molar-refractivity contribution in [2.45, 2.75) is 13.5 Å². The summed E-state index contributed by atoms with van der Waals surface area (Å²) in [5.41, 5.74) is 3.23. The summed E-state index contributed by atoms with van der Waals surface area (Å²) >= 11 is 0. The molecule has 0 unspecified atom stereocenters. The van der Waals surface area contributed by atoms with Gasteiger partial charge < -0.3 is 19.5 Å². The molecule has 7 nitrogen and oxygen atoms in total. The molecular weight excluding hydrogens is 404 g/mol. The standard InChI is InChI=1S/C25H24N4O3/c1-18-5-4-6-21(13-18)27-25(31)19(15-26)14-20-16-29(23-8-3-2-7-22(20)23)17-24(30)28-9-11-32-12-10-28/h2-8,13-14,16H,9-12,17H2,1H3,(H,27,31). The molecule has 1 aromatic heterocycles. The molecule has 2 heterocycles. The number of morpholine rings is 1. The molecule has 32 heavy (non-hydrogen) atoms. The summed E-state index contributed by atoms with van der Waals surface area (Å²) < 4.78 is 7.19. The average Bonchev–Trinajstić information content (AvgIpc) is 3.15. The lowest BCUT2D eigenvalue weighted by atomic mass is 10.1. The van der Waals surface area contributed by atoms with Gasteiger partial charge >= 0.3 is 0 Å². The van der Waals surface area contributed by atoms with Gasteiger partial charge in [-0.15, -0.1) is 0 Å². The van der Waals surface area contributed by atoms with Crippen molar-refractivity contribution in [1.82, 2.24) is 9.47 Å². The highest BCUT2D eigenvalue weighted by Crippen LogP contribution is 2.24. The number of nitrogens with one attached hydrogen (secondary N) is 1. The van der Waals surface area contributed by atoms with Crippen molar-refractivity contribution in [3.05, 3.63) is 71.4 Å². The number of nitriles is 1. The number of fused-ring (bicyclic) bond motifs is 1. The number of carbonyl (C=O) groups is 2. The van der Waals surface area contributed by atoms with Crippen LogP contribution in [0.3, 0.4) is 0 Å². The van der Waals surface area contributed by atoms with E-state index < -0.39 is 5.91 Å². The molecule has 1 N–H and O–H groups in total. The summed E-state index contributed by atoms with van der Waals surface area (Å²) in [6, 6.07) is 17.1. The van der Waals surface area contributed by atoms with Crippen LogP contribution in [-0.4, -0.2) is 47.6 Å². The van der Waals surface area contributed by atoms with E-state index in [-0.39, 0.29) is 18.0 Å². The van der Waals surface area contributed by atoms with Crippen molar-refractivity contribution < 1.29 is 14.3 Å². The molecule has 4 rings (SSSR count). The second kappa shape index (κ2) is 9.50. The number of ether oxygens (including phenoxy) is 1. The fourth-order valence-corrected chi connectivity index (χ4v) is 3.80. The van der Waals surface area contributed by atoms with E-state index in [1.165, 1.54) is 0 Å². The number of amides is 2. The number of nitrogens with zero attached hydrogens (tertiary/aromatic N) is 3. The van der Waals surface area contributed by atoms with Crippen molar-refractivity contribution in [1.29, 1.82) is 5.26 Å². The lowest BCUT2D eigenvalue weighted by Crippen LogP contribution is -2.42. The van der Waals surface area contributed by atoms with Gasteiger partial charge in [-0.3, -0.25) is 9.59 Å². The van der Waals surface area contributed by atoms with Crippen LogP contribution in [0.5, 0.6) is 0 Å². The van der Waals surface area contributed by atoms with Crippen LogP contribution in [0.25, 0.3) is 17.0 Å². The fourth-order valence-electron chi connectivity index (χ4n) is 3.80. The molecule has 1 aliphatic rings. The number of aromatic nitrogens is 1. The van der Waals surface area contributed by atoms with Crippen LogP contribution in [0.4, 0.5) is 5.69 Å². The van der Waals surface area contributed by atoms with Gasteiger partial charge in [0.2, 0.25) is 5.91 Å². The van der Waals surface area contributed by atoms with Crippen LogP contribution in [0.2, 0.25) is 0 Å². The number of carbonyl (C=O) groups excluding carboxylic acids is 2. The molecule has 162 valence electrons. The molecule has 0 saturated carbocycles. The van der Waals surface area contributed by atoms with Crippen LogP contribution < -0.4 is 5.32 Å². The van der Waals surface area contributed by atoms with E-state index in [4.69, 9.17) is 4.74 Å². The summed E-state index contributed by atoms with van der Waals surface area (Å²) in [7, 11) is 0. The van der Waals surface area contributed by atoms with Gasteiger partial charge in [-0.2, -0.15) is 5.26 Å². The zero-order chi connectivity index (χ0) is 22.5. The second-order valence-corrected chi connectivity index (χ2v) is 7.72.